The lowest BCUT2D eigenvalue weighted by Crippen LogP contribution is -2.23. The quantitative estimate of drug-likeness (QED) is 0.653. The van der Waals surface area contributed by atoms with Gasteiger partial charge in [0.05, 0.1) is 18.8 Å². The molecule has 0 N–H and O–H groups in total. The van der Waals surface area contributed by atoms with Crippen LogP contribution in [0.1, 0.15) is 33.6 Å². The second-order valence-corrected chi connectivity index (χ2v) is 4.85. The Labute approximate surface area is 89.9 Å². The molecule has 4 nitrogen and oxygen atoms in total. The van der Waals surface area contributed by atoms with Crippen LogP contribution < -0.4 is 0 Å². The SMILES string of the molecule is CC(=O)OC[C@H]1C[C@@H]2OC(C)(C)O[C@@H]2C1. The smallest absolute Gasteiger partial charge is 0.302 e. The first-order valence-electron chi connectivity index (χ1n) is 5.45. The summed E-state index contributed by atoms with van der Waals surface area (Å²) in [7, 11) is 0. The molecular weight excluding hydrogens is 196 g/mol. The van der Waals surface area contributed by atoms with Crippen molar-refractivity contribution in [3.8, 4) is 0 Å². The monoisotopic (exact) mass is 214 g/mol. The van der Waals surface area contributed by atoms with Crippen molar-refractivity contribution in [2.45, 2.75) is 51.6 Å². The van der Waals surface area contributed by atoms with Crippen LogP contribution in [0.2, 0.25) is 0 Å². The highest BCUT2D eigenvalue weighted by atomic mass is 16.8. The van der Waals surface area contributed by atoms with Crippen molar-refractivity contribution in [3.63, 3.8) is 0 Å². The molecule has 0 spiro atoms. The predicted molar refractivity (Wildman–Crippen MR) is 53.2 cm³/mol. The minimum Gasteiger partial charge on any atom is -0.466 e. The van der Waals surface area contributed by atoms with Crippen LogP contribution in [0.25, 0.3) is 0 Å². The Balaban J connectivity index is 1.81. The molecule has 1 saturated heterocycles. The first-order valence-corrected chi connectivity index (χ1v) is 5.45. The number of hydrogen-bond donors (Lipinski definition) is 0. The number of fused-ring (bicyclic) bond motifs is 1. The van der Waals surface area contributed by atoms with Gasteiger partial charge < -0.3 is 14.2 Å². The van der Waals surface area contributed by atoms with Crippen molar-refractivity contribution >= 4 is 5.97 Å². The summed E-state index contributed by atoms with van der Waals surface area (Å²) >= 11 is 0. The van der Waals surface area contributed by atoms with Crippen LogP contribution in [0.5, 0.6) is 0 Å². The summed E-state index contributed by atoms with van der Waals surface area (Å²) in [5, 5.41) is 0. The number of ether oxygens (including phenoxy) is 3. The normalized spacial score (nSPS) is 37.7. The van der Waals surface area contributed by atoms with Gasteiger partial charge in [-0.1, -0.05) is 0 Å². The standard InChI is InChI=1S/C11H18O4/c1-7(12)13-6-8-4-9-10(5-8)15-11(2,3)14-9/h8-10H,4-6H2,1-3H3/t8-,9-,10+. The molecule has 15 heavy (non-hydrogen) atoms. The summed E-state index contributed by atoms with van der Waals surface area (Å²) < 4.78 is 16.5. The molecule has 0 unspecified atom stereocenters. The lowest BCUT2D eigenvalue weighted by Gasteiger charge is -2.20. The number of hydrogen-bond acceptors (Lipinski definition) is 4. The largest absolute Gasteiger partial charge is 0.466 e. The van der Waals surface area contributed by atoms with Gasteiger partial charge >= 0.3 is 5.97 Å². The molecule has 0 aromatic heterocycles. The van der Waals surface area contributed by atoms with E-state index in [2.05, 4.69) is 0 Å². The van der Waals surface area contributed by atoms with Crippen LogP contribution in [-0.4, -0.2) is 30.6 Å². The van der Waals surface area contributed by atoms with Crippen LogP contribution in [-0.2, 0) is 19.0 Å². The van der Waals surface area contributed by atoms with Gasteiger partial charge in [-0.15, -0.1) is 0 Å². The molecule has 1 saturated carbocycles. The predicted octanol–water partition coefficient (Wildman–Crippen LogP) is 1.48. The van der Waals surface area contributed by atoms with Gasteiger partial charge in [-0.2, -0.15) is 0 Å². The topological polar surface area (TPSA) is 44.8 Å². The summed E-state index contributed by atoms with van der Waals surface area (Å²) in [5.74, 6) is -0.268. The molecule has 0 radical (unpaired) electrons. The Morgan fingerprint density at radius 1 is 1.33 bits per heavy atom. The minimum atomic E-state index is -0.443. The van der Waals surface area contributed by atoms with Crippen molar-refractivity contribution in [1.82, 2.24) is 0 Å². The second kappa shape index (κ2) is 3.76. The highest BCUT2D eigenvalue weighted by Crippen LogP contribution is 2.40. The Bertz CT molecular complexity index is 245. The number of carbonyl (C=O) groups is 1. The second-order valence-electron chi connectivity index (χ2n) is 4.85. The summed E-state index contributed by atoms with van der Waals surface area (Å²) in [4.78, 5) is 10.7. The molecule has 2 fully saturated rings. The van der Waals surface area contributed by atoms with Gasteiger partial charge in [0.2, 0.25) is 0 Å². The molecule has 1 aliphatic heterocycles. The number of carbonyl (C=O) groups excluding carboxylic acids is 1. The zero-order valence-corrected chi connectivity index (χ0v) is 9.49. The van der Waals surface area contributed by atoms with Gasteiger partial charge in [0, 0.05) is 6.92 Å². The van der Waals surface area contributed by atoms with E-state index >= 15 is 0 Å². The van der Waals surface area contributed by atoms with Crippen molar-refractivity contribution in [2.24, 2.45) is 5.92 Å². The lowest BCUT2D eigenvalue weighted by molar-refractivity contribution is -0.157. The van der Waals surface area contributed by atoms with E-state index in [4.69, 9.17) is 14.2 Å². The van der Waals surface area contributed by atoms with Crippen molar-refractivity contribution in [3.05, 3.63) is 0 Å². The van der Waals surface area contributed by atoms with E-state index in [9.17, 15) is 4.79 Å². The van der Waals surface area contributed by atoms with E-state index in [0.717, 1.165) is 12.8 Å². The molecule has 1 aliphatic carbocycles. The van der Waals surface area contributed by atoms with Crippen molar-refractivity contribution < 1.29 is 19.0 Å². The third-order valence-corrected chi connectivity index (χ3v) is 2.94. The van der Waals surface area contributed by atoms with E-state index in [1.165, 1.54) is 6.92 Å². The Hall–Kier alpha value is -0.610. The van der Waals surface area contributed by atoms with E-state index in [-0.39, 0.29) is 18.2 Å². The zero-order chi connectivity index (χ0) is 11.1. The highest BCUT2D eigenvalue weighted by Gasteiger charge is 2.47. The van der Waals surface area contributed by atoms with Gasteiger partial charge in [-0.3, -0.25) is 4.79 Å². The van der Waals surface area contributed by atoms with Crippen molar-refractivity contribution in [2.75, 3.05) is 6.61 Å². The lowest BCUT2D eigenvalue weighted by atomic mass is 10.1. The summed E-state index contributed by atoms with van der Waals surface area (Å²) in [6, 6.07) is 0. The third kappa shape index (κ3) is 2.49. The maximum atomic E-state index is 10.7. The molecule has 86 valence electrons. The highest BCUT2D eigenvalue weighted by molar-refractivity contribution is 5.65. The fourth-order valence-corrected chi connectivity index (χ4v) is 2.43. The van der Waals surface area contributed by atoms with E-state index < -0.39 is 5.79 Å². The molecule has 1 heterocycles. The van der Waals surface area contributed by atoms with E-state index in [0.29, 0.717) is 12.5 Å². The van der Waals surface area contributed by atoms with Crippen LogP contribution in [0.4, 0.5) is 0 Å². The Morgan fingerprint density at radius 2 is 1.87 bits per heavy atom. The van der Waals surface area contributed by atoms with Crippen LogP contribution >= 0.6 is 0 Å². The molecule has 0 aromatic rings. The number of rotatable bonds is 2. The fourth-order valence-electron chi connectivity index (χ4n) is 2.43. The first-order chi connectivity index (χ1) is 6.96. The third-order valence-electron chi connectivity index (χ3n) is 2.94. The van der Waals surface area contributed by atoms with Gasteiger partial charge in [0.25, 0.3) is 0 Å². The average Bonchev–Trinajstić information content (AvgIpc) is 2.53. The van der Waals surface area contributed by atoms with E-state index in [1.54, 1.807) is 0 Å². The number of esters is 1. The summed E-state index contributed by atoms with van der Waals surface area (Å²) in [6.07, 6.45) is 2.23. The zero-order valence-electron chi connectivity index (χ0n) is 9.49. The van der Waals surface area contributed by atoms with Crippen LogP contribution in [0.3, 0.4) is 0 Å². The maximum absolute atomic E-state index is 10.7. The van der Waals surface area contributed by atoms with E-state index in [1.807, 2.05) is 13.8 Å². The van der Waals surface area contributed by atoms with Crippen LogP contribution in [0, 0.1) is 5.92 Å². The molecule has 4 heteroatoms. The fraction of sp³-hybridized carbons (Fsp3) is 0.909. The molecule has 0 amide bonds. The molecule has 0 bridgehead atoms. The van der Waals surface area contributed by atoms with Crippen LogP contribution in [0.15, 0.2) is 0 Å². The molecule has 2 aliphatic rings. The first kappa shape index (κ1) is 10.9. The maximum Gasteiger partial charge on any atom is 0.302 e. The average molecular weight is 214 g/mol. The molecule has 2 rings (SSSR count). The minimum absolute atomic E-state index is 0.181. The Kier molecular flexibility index (Phi) is 2.73. The van der Waals surface area contributed by atoms with Gasteiger partial charge in [0.1, 0.15) is 0 Å². The molecular formula is C11H18O4. The molecule has 0 aromatic carbocycles. The van der Waals surface area contributed by atoms with Gasteiger partial charge in [-0.25, -0.2) is 0 Å². The summed E-state index contributed by atoms with van der Waals surface area (Å²) in [5.41, 5.74) is 0. The van der Waals surface area contributed by atoms with Gasteiger partial charge in [0.15, 0.2) is 5.79 Å². The summed E-state index contributed by atoms with van der Waals surface area (Å²) in [6.45, 7) is 5.81. The van der Waals surface area contributed by atoms with Crippen molar-refractivity contribution in [1.29, 1.82) is 0 Å². The Morgan fingerprint density at radius 3 is 2.33 bits per heavy atom. The van der Waals surface area contributed by atoms with Gasteiger partial charge in [-0.05, 0) is 32.6 Å². The molecule has 3 atom stereocenters.